The third-order valence-corrected chi connectivity index (χ3v) is 1.49. The van der Waals surface area contributed by atoms with Crippen molar-refractivity contribution in [1.82, 2.24) is 0 Å². The van der Waals surface area contributed by atoms with Gasteiger partial charge in [-0.25, -0.2) is 0 Å². The van der Waals surface area contributed by atoms with Gasteiger partial charge in [0.1, 0.15) is 0 Å². The zero-order valence-corrected chi connectivity index (χ0v) is 7.27. The highest BCUT2D eigenvalue weighted by Gasteiger charge is 1.80. The first-order valence-electron chi connectivity index (χ1n) is 4.13. The van der Waals surface area contributed by atoms with Gasteiger partial charge < -0.3 is 5.21 Å². The quantitative estimate of drug-likeness (QED) is 0.240. The Morgan fingerprint density at radius 2 is 2.08 bits per heavy atom. The van der Waals surface area contributed by atoms with E-state index in [1.807, 2.05) is 30.3 Å². The molecule has 0 aliphatic carbocycles. The Labute approximate surface area is 77.9 Å². The van der Waals surface area contributed by atoms with Crippen molar-refractivity contribution < 1.29 is 5.21 Å². The lowest BCUT2D eigenvalue weighted by Crippen LogP contribution is -1.74. The second-order valence-electron chi connectivity index (χ2n) is 2.50. The maximum absolute atomic E-state index is 8.10. The van der Waals surface area contributed by atoms with Crippen LogP contribution in [0.25, 0.3) is 0 Å². The summed E-state index contributed by atoms with van der Waals surface area (Å²) in [5, 5.41) is 11.0. The molecule has 0 atom stereocenters. The first-order chi connectivity index (χ1) is 6.43. The average molecular weight is 173 g/mol. The number of nitrogens with zero attached hydrogens (tertiary/aromatic N) is 1. The van der Waals surface area contributed by atoms with E-state index < -0.39 is 0 Å². The van der Waals surface area contributed by atoms with Gasteiger partial charge in [-0.2, -0.15) is 0 Å². The minimum absolute atomic E-state index is 0.691. The molecular weight excluding hydrogens is 162 g/mol. The highest BCUT2D eigenvalue weighted by molar-refractivity contribution is 5.56. The van der Waals surface area contributed by atoms with Crippen LogP contribution in [0.2, 0.25) is 0 Å². The molecule has 0 bridgehead atoms. The zero-order chi connectivity index (χ0) is 9.36. The third kappa shape index (κ3) is 3.97. The molecule has 0 fully saturated rings. The van der Waals surface area contributed by atoms with Crippen LogP contribution in [0.5, 0.6) is 0 Å². The van der Waals surface area contributed by atoms with E-state index in [9.17, 15) is 0 Å². The predicted octanol–water partition coefficient (Wildman–Crippen LogP) is 2.28. The summed E-state index contributed by atoms with van der Waals surface area (Å²) >= 11 is 0. The van der Waals surface area contributed by atoms with E-state index in [0.29, 0.717) is 6.42 Å². The van der Waals surface area contributed by atoms with Crippen molar-refractivity contribution in [2.45, 2.75) is 12.8 Å². The van der Waals surface area contributed by atoms with Gasteiger partial charge in [0, 0.05) is 18.2 Å². The smallest absolute Gasteiger partial charge is 0.0445 e. The molecule has 0 heterocycles. The second kappa shape index (κ2) is 5.84. The summed E-state index contributed by atoms with van der Waals surface area (Å²) < 4.78 is 0. The van der Waals surface area contributed by atoms with Gasteiger partial charge in [0.05, 0.1) is 0 Å². The fraction of sp³-hybridized carbons (Fsp3) is 0.182. The molecule has 1 aromatic rings. The van der Waals surface area contributed by atoms with E-state index in [1.54, 1.807) is 0 Å². The molecule has 2 heteroatoms. The second-order valence-corrected chi connectivity index (χ2v) is 2.50. The summed E-state index contributed by atoms with van der Waals surface area (Å²) in [6.07, 6.45) is 2.86. The number of hydrogen-bond donors (Lipinski definition) is 1. The van der Waals surface area contributed by atoms with Gasteiger partial charge in [0.2, 0.25) is 0 Å². The van der Waals surface area contributed by atoms with Crippen LogP contribution in [0.15, 0.2) is 35.5 Å². The lowest BCUT2D eigenvalue weighted by molar-refractivity contribution is 0.320. The van der Waals surface area contributed by atoms with E-state index in [4.69, 9.17) is 5.21 Å². The van der Waals surface area contributed by atoms with E-state index in [2.05, 4.69) is 17.0 Å². The fourth-order valence-electron chi connectivity index (χ4n) is 0.881. The Hall–Kier alpha value is -1.75. The highest BCUT2D eigenvalue weighted by Crippen LogP contribution is 1.95. The zero-order valence-electron chi connectivity index (χ0n) is 7.27. The molecule has 0 saturated heterocycles. The van der Waals surface area contributed by atoms with Crippen molar-refractivity contribution in [3.63, 3.8) is 0 Å². The SMILES string of the molecule is ON=CCCC#Cc1ccccc1. The van der Waals surface area contributed by atoms with Crippen molar-refractivity contribution >= 4 is 6.21 Å². The number of unbranched alkanes of at least 4 members (excludes halogenated alkanes) is 1. The summed E-state index contributed by atoms with van der Waals surface area (Å²) in [5.74, 6) is 5.99. The molecule has 0 radical (unpaired) electrons. The van der Waals surface area contributed by atoms with Crippen LogP contribution in [0.3, 0.4) is 0 Å². The molecule has 66 valence electrons. The first-order valence-corrected chi connectivity index (χ1v) is 4.13. The molecule has 0 aliphatic rings. The van der Waals surface area contributed by atoms with Crippen LogP contribution in [0, 0.1) is 11.8 Å². The third-order valence-electron chi connectivity index (χ3n) is 1.49. The van der Waals surface area contributed by atoms with Gasteiger partial charge in [0.15, 0.2) is 0 Å². The van der Waals surface area contributed by atoms with Crippen molar-refractivity contribution in [3.8, 4) is 11.8 Å². The van der Waals surface area contributed by atoms with Crippen molar-refractivity contribution in [1.29, 1.82) is 0 Å². The van der Waals surface area contributed by atoms with Gasteiger partial charge >= 0.3 is 0 Å². The van der Waals surface area contributed by atoms with Crippen LogP contribution in [0.4, 0.5) is 0 Å². The molecule has 13 heavy (non-hydrogen) atoms. The monoisotopic (exact) mass is 173 g/mol. The van der Waals surface area contributed by atoms with Gasteiger partial charge in [-0.15, -0.1) is 5.16 Å². The maximum atomic E-state index is 8.10. The number of rotatable bonds is 2. The highest BCUT2D eigenvalue weighted by atomic mass is 16.4. The summed E-state index contributed by atoms with van der Waals surface area (Å²) in [6, 6.07) is 9.81. The first kappa shape index (κ1) is 9.34. The van der Waals surface area contributed by atoms with Crippen LogP contribution >= 0.6 is 0 Å². The Kier molecular flexibility index (Phi) is 4.20. The molecule has 0 saturated carbocycles. The molecule has 0 spiro atoms. The van der Waals surface area contributed by atoms with E-state index in [1.165, 1.54) is 6.21 Å². The molecule has 0 aliphatic heterocycles. The van der Waals surface area contributed by atoms with Crippen LogP contribution in [-0.4, -0.2) is 11.4 Å². The molecule has 1 rings (SSSR count). The summed E-state index contributed by atoms with van der Waals surface area (Å²) in [4.78, 5) is 0. The Morgan fingerprint density at radius 1 is 1.31 bits per heavy atom. The Bertz CT molecular complexity index is 319. The van der Waals surface area contributed by atoms with Crippen LogP contribution < -0.4 is 0 Å². The topological polar surface area (TPSA) is 32.6 Å². The van der Waals surface area contributed by atoms with Gasteiger partial charge in [-0.05, 0) is 18.6 Å². The summed E-state index contributed by atoms with van der Waals surface area (Å²) in [5.41, 5.74) is 1.02. The molecule has 0 amide bonds. The number of hydrogen-bond acceptors (Lipinski definition) is 2. The Balaban J connectivity index is 2.40. The Morgan fingerprint density at radius 3 is 2.77 bits per heavy atom. The average Bonchev–Trinajstić information content (AvgIpc) is 2.19. The molecule has 0 aromatic heterocycles. The minimum Gasteiger partial charge on any atom is -0.411 e. The van der Waals surface area contributed by atoms with Crippen LogP contribution in [0.1, 0.15) is 18.4 Å². The molecule has 1 N–H and O–H groups in total. The molecule has 0 unspecified atom stereocenters. The lowest BCUT2D eigenvalue weighted by Gasteiger charge is -1.85. The number of oxime groups is 1. The normalized spacial score (nSPS) is 9.54. The number of benzene rings is 1. The maximum Gasteiger partial charge on any atom is 0.0445 e. The van der Waals surface area contributed by atoms with Crippen LogP contribution in [-0.2, 0) is 0 Å². The van der Waals surface area contributed by atoms with E-state index >= 15 is 0 Å². The molecule has 2 nitrogen and oxygen atoms in total. The van der Waals surface area contributed by atoms with Crippen molar-refractivity contribution in [2.24, 2.45) is 5.16 Å². The standard InChI is InChI=1S/C11H11NO/c13-12-10-6-2-5-9-11-7-3-1-4-8-11/h1,3-4,7-8,10,13H,2,6H2. The predicted molar refractivity (Wildman–Crippen MR) is 52.8 cm³/mol. The lowest BCUT2D eigenvalue weighted by atomic mass is 10.2. The summed E-state index contributed by atoms with van der Waals surface area (Å²) in [6.45, 7) is 0. The molecular formula is C11H11NO. The van der Waals surface area contributed by atoms with Crippen molar-refractivity contribution in [3.05, 3.63) is 35.9 Å². The fourth-order valence-corrected chi connectivity index (χ4v) is 0.881. The summed E-state index contributed by atoms with van der Waals surface area (Å²) in [7, 11) is 0. The van der Waals surface area contributed by atoms with Gasteiger partial charge in [-0.1, -0.05) is 30.0 Å². The van der Waals surface area contributed by atoms with Gasteiger partial charge in [-0.3, -0.25) is 0 Å². The van der Waals surface area contributed by atoms with E-state index in [0.717, 1.165) is 12.0 Å². The van der Waals surface area contributed by atoms with Gasteiger partial charge in [0.25, 0.3) is 0 Å². The molecule has 1 aromatic carbocycles. The minimum atomic E-state index is 0.691. The van der Waals surface area contributed by atoms with Crippen molar-refractivity contribution in [2.75, 3.05) is 0 Å². The van der Waals surface area contributed by atoms with E-state index in [-0.39, 0.29) is 0 Å². The largest absolute Gasteiger partial charge is 0.411 e.